The molecule has 3 aromatic carbocycles. The van der Waals surface area contributed by atoms with Gasteiger partial charge in [-0.3, -0.25) is 24.1 Å². The summed E-state index contributed by atoms with van der Waals surface area (Å²) in [6, 6.07) is 19.3. The van der Waals surface area contributed by atoms with Gasteiger partial charge in [-0.1, -0.05) is 23.5 Å². The first-order chi connectivity index (χ1) is 23.7. The van der Waals surface area contributed by atoms with E-state index < -0.39 is 23.6 Å². The molecule has 3 heterocycles. The summed E-state index contributed by atoms with van der Waals surface area (Å²) in [4.78, 5) is 70.0. The van der Waals surface area contributed by atoms with Gasteiger partial charge in [-0.25, -0.2) is 9.18 Å². The molecule has 1 saturated heterocycles. The number of anilines is 2. The highest BCUT2D eigenvalue weighted by molar-refractivity contribution is 8.00. The number of aromatic amines is 1. The van der Waals surface area contributed by atoms with Crippen molar-refractivity contribution in [1.82, 2.24) is 4.98 Å². The fourth-order valence-corrected chi connectivity index (χ4v) is 11.2. The van der Waals surface area contributed by atoms with Crippen LogP contribution in [0.4, 0.5) is 15.8 Å². The van der Waals surface area contributed by atoms with E-state index in [9.17, 15) is 28.4 Å². The molecular weight excluding hydrogens is 670 g/mol. The van der Waals surface area contributed by atoms with Crippen LogP contribution in [-0.2, 0) is 19.1 Å². The van der Waals surface area contributed by atoms with Crippen LogP contribution in [0.1, 0.15) is 40.1 Å². The Labute approximate surface area is 288 Å². The molecule has 2 saturated carbocycles. The molecule has 7 atom stereocenters. The van der Waals surface area contributed by atoms with Gasteiger partial charge in [0.25, 0.3) is 5.91 Å². The summed E-state index contributed by atoms with van der Waals surface area (Å²) in [6.07, 6.45) is 0.735. The van der Waals surface area contributed by atoms with Crippen LogP contribution in [0.2, 0.25) is 0 Å². The van der Waals surface area contributed by atoms with Crippen LogP contribution in [-0.4, -0.2) is 47.1 Å². The van der Waals surface area contributed by atoms with Crippen LogP contribution in [0.3, 0.4) is 0 Å². The number of nitrogens with one attached hydrogen (secondary N) is 2. The summed E-state index contributed by atoms with van der Waals surface area (Å²) < 4.78 is 24.6. The van der Waals surface area contributed by atoms with Gasteiger partial charge in [0.05, 0.1) is 34.7 Å². The molecule has 10 nitrogen and oxygen atoms in total. The lowest BCUT2D eigenvalue weighted by atomic mass is 9.68. The minimum atomic E-state index is -0.487. The van der Waals surface area contributed by atoms with Gasteiger partial charge in [-0.15, -0.1) is 11.8 Å². The lowest BCUT2D eigenvalue weighted by molar-refractivity contribution is -0.123. The summed E-state index contributed by atoms with van der Waals surface area (Å²) >= 11 is 2.76. The molecule has 3 fully saturated rings. The maximum absolute atomic E-state index is 13.9. The third-order valence-corrected chi connectivity index (χ3v) is 12.7. The summed E-state index contributed by atoms with van der Waals surface area (Å²) in [5.74, 6) is -2.61. The number of nitrogens with zero attached hydrogens (tertiary/aromatic N) is 1. The zero-order valence-corrected chi connectivity index (χ0v) is 27.7. The molecule has 3 amide bonds. The van der Waals surface area contributed by atoms with E-state index in [0.717, 1.165) is 33.2 Å². The minimum Gasteiger partial charge on any atom is -0.484 e. The second-order valence-electron chi connectivity index (χ2n) is 12.7. The standard InChI is InChI=1S/C36H30FN3O7S2/c1-2-46-35(44)17-6-10-20(11-7-17)38-25(41)16-47-22-5-3-4-18(14-22)26-27-23-15-24(30(27)48-32-31(26)49-36(45)39-32)29-28(23)33(42)40(34(29)43)21-12-8-19(37)9-13-21/h3-14,23-24,26-30H,2,15-16H2,1H3,(H,38,41)(H,39,45)/t23?,24?,26-,27?,28?,29?,30?/m1/s1. The first-order valence-corrected chi connectivity index (χ1v) is 17.7. The monoisotopic (exact) mass is 699 g/mol. The predicted molar refractivity (Wildman–Crippen MR) is 180 cm³/mol. The number of thiazole rings is 1. The largest absolute Gasteiger partial charge is 0.484 e. The number of esters is 1. The van der Waals surface area contributed by atoms with Crippen molar-refractivity contribution >= 4 is 58.2 Å². The SMILES string of the molecule is CCOC(=O)c1ccc(NC(=O)COc2cccc([C@H]3c4sc(=O)[nH]c4SC4C5CC(C6C(=O)N(c7ccc(F)cc7)C(=O)C56)C43)c2)cc1. The van der Waals surface area contributed by atoms with E-state index >= 15 is 0 Å². The van der Waals surface area contributed by atoms with Crippen LogP contribution < -0.4 is 19.8 Å². The van der Waals surface area contributed by atoms with Crippen molar-refractivity contribution in [1.29, 1.82) is 0 Å². The third kappa shape index (κ3) is 5.35. The molecule has 1 aromatic heterocycles. The summed E-state index contributed by atoms with van der Waals surface area (Å²) in [5.41, 5.74) is 2.16. The normalized spacial score (nSPS) is 26.2. The molecule has 0 spiro atoms. The molecule has 4 aliphatic rings. The van der Waals surface area contributed by atoms with Crippen molar-refractivity contribution in [3.05, 3.63) is 104 Å². The average Bonchev–Trinajstić information content (AvgIpc) is 3.83. The predicted octanol–water partition coefficient (Wildman–Crippen LogP) is 5.45. The number of H-pyrrole nitrogens is 1. The molecule has 0 radical (unpaired) electrons. The van der Waals surface area contributed by atoms with E-state index in [1.54, 1.807) is 49.0 Å². The minimum absolute atomic E-state index is 0.00415. The number of benzene rings is 3. The van der Waals surface area contributed by atoms with Crippen LogP contribution in [0.25, 0.3) is 0 Å². The fourth-order valence-electron chi connectivity index (χ4n) is 8.28. The van der Waals surface area contributed by atoms with Crippen molar-refractivity contribution in [2.24, 2.45) is 29.6 Å². The number of hydrogen-bond donors (Lipinski definition) is 2. The lowest BCUT2D eigenvalue weighted by Gasteiger charge is -2.43. The first kappa shape index (κ1) is 31.5. The number of ether oxygens (including phenoxy) is 2. The molecule has 2 aliphatic carbocycles. The van der Waals surface area contributed by atoms with Gasteiger partial charge in [0.15, 0.2) is 6.61 Å². The number of amides is 3. The number of carbonyl (C=O) groups is 4. The summed E-state index contributed by atoms with van der Waals surface area (Å²) in [7, 11) is 0. The van der Waals surface area contributed by atoms with Crippen LogP contribution in [0.15, 0.2) is 82.6 Å². The van der Waals surface area contributed by atoms with Gasteiger partial charge in [0, 0.05) is 21.7 Å². The second kappa shape index (κ2) is 12.3. The van der Waals surface area contributed by atoms with Gasteiger partial charge >= 0.3 is 10.8 Å². The maximum atomic E-state index is 13.9. The smallest absolute Gasteiger partial charge is 0.338 e. The van der Waals surface area contributed by atoms with Crippen LogP contribution >= 0.6 is 23.1 Å². The van der Waals surface area contributed by atoms with Crippen molar-refractivity contribution in [3.8, 4) is 5.75 Å². The number of imide groups is 1. The fraction of sp³-hybridized carbons (Fsp3) is 0.306. The number of thioether (sulfide) groups is 1. The Morgan fingerprint density at radius 3 is 2.45 bits per heavy atom. The number of rotatable bonds is 8. The van der Waals surface area contributed by atoms with Gasteiger partial charge < -0.3 is 19.8 Å². The van der Waals surface area contributed by atoms with E-state index in [1.165, 1.54) is 29.2 Å². The highest BCUT2D eigenvalue weighted by Gasteiger charge is 2.69. The van der Waals surface area contributed by atoms with Crippen molar-refractivity contribution < 1.29 is 33.0 Å². The molecule has 2 N–H and O–H groups in total. The highest BCUT2D eigenvalue weighted by Crippen LogP contribution is 2.68. The highest BCUT2D eigenvalue weighted by atomic mass is 32.2. The Morgan fingerprint density at radius 1 is 0.980 bits per heavy atom. The van der Waals surface area contributed by atoms with Crippen molar-refractivity contribution in [3.63, 3.8) is 0 Å². The quantitative estimate of drug-likeness (QED) is 0.183. The number of aromatic nitrogens is 1. The number of carbonyl (C=O) groups excluding carboxylic acids is 4. The topological polar surface area (TPSA) is 135 Å². The summed E-state index contributed by atoms with van der Waals surface area (Å²) in [6.45, 7) is 1.74. The van der Waals surface area contributed by atoms with E-state index in [0.29, 0.717) is 22.7 Å². The average molecular weight is 700 g/mol. The Hall–Kier alpha value is -4.75. The van der Waals surface area contributed by atoms with Crippen LogP contribution in [0.5, 0.6) is 5.75 Å². The van der Waals surface area contributed by atoms with Crippen molar-refractivity contribution in [2.45, 2.75) is 29.5 Å². The first-order valence-electron chi connectivity index (χ1n) is 16.0. The molecule has 4 aromatic rings. The number of hydrogen-bond acceptors (Lipinski definition) is 9. The van der Waals surface area contributed by atoms with Gasteiger partial charge in [0.2, 0.25) is 11.8 Å². The number of halogens is 1. The maximum Gasteiger partial charge on any atom is 0.338 e. The van der Waals surface area contributed by atoms with E-state index in [2.05, 4.69) is 10.3 Å². The molecule has 250 valence electrons. The van der Waals surface area contributed by atoms with Gasteiger partial charge in [-0.2, -0.15) is 0 Å². The molecule has 8 rings (SSSR count). The zero-order chi connectivity index (χ0) is 34.0. The van der Waals surface area contributed by atoms with Gasteiger partial charge in [-0.05, 0) is 97.3 Å². The Bertz CT molecular complexity index is 2050. The Balaban J connectivity index is 1.03. The second-order valence-corrected chi connectivity index (χ2v) is 14.9. The molecule has 2 bridgehead atoms. The lowest BCUT2D eigenvalue weighted by Crippen LogP contribution is -2.42. The van der Waals surface area contributed by atoms with Gasteiger partial charge in [0.1, 0.15) is 11.6 Å². The van der Waals surface area contributed by atoms with Crippen molar-refractivity contribution in [2.75, 3.05) is 23.4 Å². The molecule has 6 unspecified atom stereocenters. The Kier molecular flexibility index (Phi) is 7.91. The van der Waals surface area contributed by atoms with E-state index in [1.807, 2.05) is 18.2 Å². The Morgan fingerprint density at radius 2 is 1.71 bits per heavy atom. The van der Waals surface area contributed by atoms with E-state index in [-0.39, 0.29) is 64.7 Å². The van der Waals surface area contributed by atoms with Crippen LogP contribution in [0, 0.1) is 35.4 Å². The van der Waals surface area contributed by atoms with E-state index in [4.69, 9.17) is 9.47 Å². The third-order valence-electron chi connectivity index (χ3n) is 10.1. The molecule has 13 heteroatoms. The molecular formula is C36H30FN3O7S2. The molecule has 2 aliphatic heterocycles. The summed E-state index contributed by atoms with van der Waals surface area (Å²) in [5, 5.41) is 3.55. The zero-order valence-electron chi connectivity index (χ0n) is 26.1. The molecule has 49 heavy (non-hydrogen) atoms. The number of fused-ring (bicyclic) bond motifs is 9.